The lowest BCUT2D eigenvalue weighted by Crippen LogP contribution is -2.36. The Hall–Kier alpha value is -2.13. The molecule has 0 aliphatic heterocycles. The van der Waals surface area contributed by atoms with Crippen LogP contribution in [0.25, 0.3) is 0 Å². The molecule has 2 aromatic rings. The normalized spacial score (nSPS) is 11.9. The van der Waals surface area contributed by atoms with Crippen molar-refractivity contribution >= 4 is 5.91 Å². The van der Waals surface area contributed by atoms with Gasteiger partial charge in [0.1, 0.15) is 0 Å². The van der Waals surface area contributed by atoms with Crippen LogP contribution in [-0.2, 0) is 6.42 Å². The molecule has 0 fully saturated rings. The van der Waals surface area contributed by atoms with Gasteiger partial charge in [0.2, 0.25) is 0 Å². The highest BCUT2D eigenvalue weighted by atomic mass is 16.1. The largest absolute Gasteiger partial charge is 0.351 e. The number of nitrogens with one attached hydrogen (secondary N) is 2. The lowest BCUT2D eigenvalue weighted by atomic mass is 10.1. The van der Waals surface area contributed by atoms with E-state index >= 15 is 0 Å². The molecule has 0 aliphatic carbocycles. The van der Waals surface area contributed by atoms with E-state index in [0.717, 1.165) is 19.4 Å². The molecule has 1 amide bonds. The molecule has 116 valence electrons. The van der Waals surface area contributed by atoms with Gasteiger partial charge in [0.15, 0.2) is 0 Å². The summed E-state index contributed by atoms with van der Waals surface area (Å²) < 4.78 is 0. The molecule has 0 aliphatic rings. The van der Waals surface area contributed by atoms with Crippen molar-refractivity contribution in [1.82, 2.24) is 10.6 Å². The zero-order chi connectivity index (χ0) is 15.6. The number of hydrogen-bond acceptors (Lipinski definition) is 2. The van der Waals surface area contributed by atoms with Crippen LogP contribution in [0.4, 0.5) is 0 Å². The fraction of sp³-hybridized carbons (Fsp3) is 0.316. The van der Waals surface area contributed by atoms with Crippen LogP contribution in [-0.4, -0.2) is 25.0 Å². The molecule has 2 aromatic carbocycles. The van der Waals surface area contributed by atoms with Gasteiger partial charge in [-0.05, 0) is 37.5 Å². The predicted octanol–water partition coefficient (Wildman–Crippen LogP) is 3.03. The third kappa shape index (κ3) is 5.70. The van der Waals surface area contributed by atoms with E-state index in [0.29, 0.717) is 18.2 Å². The van der Waals surface area contributed by atoms with Crippen molar-refractivity contribution in [3.8, 4) is 0 Å². The van der Waals surface area contributed by atoms with Crippen LogP contribution < -0.4 is 10.6 Å². The fourth-order valence-electron chi connectivity index (χ4n) is 2.32. The van der Waals surface area contributed by atoms with Gasteiger partial charge in [-0.2, -0.15) is 0 Å². The highest BCUT2D eigenvalue weighted by molar-refractivity contribution is 5.94. The SMILES string of the molecule is CC(CCc1ccccc1)NCCNC(=O)c1ccccc1. The summed E-state index contributed by atoms with van der Waals surface area (Å²) in [7, 11) is 0. The first-order valence-corrected chi connectivity index (χ1v) is 7.86. The molecule has 0 heterocycles. The molecule has 0 saturated heterocycles. The van der Waals surface area contributed by atoms with Crippen LogP contribution in [0.5, 0.6) is 0 Å². The summed E-state index contributed by atoms with van der Waals surface area (Å²) in [5, 5.41) is 6.37. The van der Waals surface area contributed by atoms with Gasteiger partial charge in [0, 0.05) is 24.7 Å². The first-order chi connectivity index (χ1) is 10.8. The van der Waals surface area contributed by atoms with Gasteiger partial charge in [-0.3, -0.25) is 4.79 Å². The van der Waals surface area contributed by atoms with Crippen LogP contribution in [0.1, 0.15) is 29.3 Å². The second-order valence-electron chi connectivity index (χ2n) is 5.50. The van der Waals surface area contributed by atoms with Gasteiger partial charge in [-0.25, -0.2) is 0 Å². The monoisotopic (exact) mass is 296 g/mol. The Kier molecular flexibility index (Phi) is 6.65. The molecule has 0 saturated carbocycles. The molecule has 1 unspecified atom stereocenters. The van der Waals surface area contributed by atoms with E-state index in [4.69, 9.17) is 0 Å². The van der Waals surface area contributed by atoms with E-state index in [-0.39, 0.29) is 5.91 Å². The Morgan fingerprint density at radius 2 is 1.59 bits per heavy atom. The van der Waals surface area contributed by atoms with E-state index in [1.165, 1.54) is 5.56 Å². The number of benzene rings is 2. The maximum absolute atomic E-state index is 11.9. The molecule has 0 aromatic heterocycles. The number of carbonyl (C=O) groups is 1. The quantitative estimate of drug-likeness (QED) is 0.735. The fourth-order valence-corrected chi connectivity index (χ4v) is 2.32. The van der Waals surface area contributed by atoms with E-state index in [9.17, 15) is 4.79 Å². The topological polar surface area (TPSA) is 41.1 Å². The smallest absolute Gasteiger partial charge is 0.251 e. The first-order valence-electron chi connectivity index (χ1n) is 7.86. The van der Waals surface area contributed by atoms with Gasteiger partial charge in [-0.1, -0.05) is 48.5 Å². The summed E-state index contributed by atoms with van der Waals surface area (Å²) in [5.41, 5.74) is 2.08. The Bertz CT molecular complexity index is 554. The lowest BCUT2D eigenvalue weighted by Gasteiger charge is -2.14. The molecular formula is C19H24N2O. The van der Waals surface area contributed by atoms with Gasteiger partial charge in [0.05, 0.1) is 0 Å². The van der Waals surface area contributed by atoms with Crippen molar-refractivity contribution in [2.24, 2.45) is 0 Å². The van der Waals surface area contributed by atoms with Crippen LogP contribution >= 0.6 is 0 Å². The maximum Gasteiger partial charge on any atom is 0.251 e. The molecular weight excluding hydrogens is 272 g/mol. The molecule has 3 heteroatoms. The number of hydrogen-bond donors (Lipinski definition) is 2. The summed E-state index contributed by atoms with van der Waals surface area (Å²) in [5.74, 6) is -0.0145. The first kappa shape index (κ1) is 16.2. The van der Waals surface area contributed by atoms with Gasteiger partial charge < -0.3 is 10.6 Å². The molecule has 0 bridgehead atoms. The van der Waals surface area contributed by atoms with Crippen molar-refractivity contribution in [2.75, 3.05) is 13.1 Å². The van der Waals surface area contributed by atoms with Crippen molar-refractivity contribution in [1.29, 1.82) is 0 Å². The van der Waals surface area contributed by atoms with Gasteiger partial charge >= 0.3 is 0 Å². The van der Waals surface area contributed by atoms with Crippen LogP contribution in [0.2, 0.25) is 0 Å². The van der Waals surface area contributed by atoms with Crippen molar-refractivity contribution in [3.63, 3.8) is 0 Å². The Morgan fingerprint density at radius 3 is 2.27 bits per heavy atom. The van der Waals surface area contributed by atoms with Crippen molar-refractivity contribution in [3.05, 3.63) is 71.8 Å². The average molecular weight is 296 g/mol. The number of aryl methyl sites for hydroxylation is 1. The standard InChI is InChI=1S/C19H24N2O/c1-16(12-13-17-8-4-2-5-9-17)20-14-15-21-19(22)18-10-6-3-7-11-18/h2-11,16,20H,12-15H2,1H3,(H,21,22). The predicted molar refractivity (Wildman–Crippen MR) is 91.0 cm³/mol. The Morgan fingerprint density at radius 1 is 0.955 bits per heavy atom. The van der Waals surface area contributed by atoms with Gasteiger partial charge in [0.25, 0.3) is 5.91 Å². The van der Waals surface area contributed by atoms with Crippen LogP contribution in [0.15, 0.2) is 60.7 Å². The van der Waals surface area contributed by atoms with E-state index in [1.54, 1.807) is 0 Å². The Balaban J connectivity index is 1.59. The second-order valence-corrected chi connectivity index (χ2v) is 5.50. The maximum atomic E-state index is 11.9. The summed E-state index contributed by atoms with van der Waals surface area (Å²) in [6.07, 6.45) is 2.17. The van der Waals surface area contributed by atoms with E-state index < -0.39 is 0 Å². The minimum Gasteiger partial charge on any atom is -0.351 e. The zero-order valence-corrected chi connectivity index (χ0v) is 13.1. The molecule has 0 spiro atoms. The average Bonchev–Trinajstić information content (AvgIpc) is 2.58. The highest BCUT2D eigenvalue weighted by Crippen LogP contribution is 2.04. The number of rotatable bonds is 8. The van der Waals surface area contributed by atoms with E-state index in [1.807, 2.05) is 36.4 Å². The highest BCUT2D eigenvalue weighted by Gasteiger charge is 2.04. The minimum absolute atomic E-state index is 0.0145. The molecule has 2 rings (SSSR count). The third-order valence-electron chi connectivity index (χ3n) is 3.65. The van der Waals surface area contributed by atoms with E-state index in [2.05, 4.69) is 41.8 Å². The molecule has 2 N–H and O–H groups in total. The molecule has 22 heavy (non-hydrogen) atoms. The number of amides is 1. The second kappa shape index (κ2) is 9.00. The third-order valence-corrected chi connectivity index (χ3v) is 3.65. The molecule has 1 atom stereocenters. The summed E-state index contributed by atoms with van der Waals surface area (Å²) in [4.78, 5) is 11.9. The summed E-state index contributed by atoms with van der Waals surface area (Å²) in [6.45, 7) is 3.61. The van der Waals surface area contributed by atoms with Crippen LogP contribution in [0, 0.1) is 0 Å². The number of carbonyl (C=O) groups excluding carboxylic acids is 1. The summed E-state index contributed by atoms with van der Waals surface area (Å²) in [6, 6.07) is 20.3. The van der Waals surface area contributed by atoms with Crippen molar-refractivity contribution < 1.29 is 4.79 Å². The molecule has 0 radical (unpaired) electrons. The Labute approximate surface area is 132 Å². The molecule has 3 nitrogen and oxygen atoms in total. The summed E-state index contributed by atoms with van der Waals surface area (Å²) >= 11 is 0. The zero-order valence-electron chi connectivity index (χ0n) is 13.1. The van der Waals surface area contributed by atoms with Crippen LogP contribution in [0.3, 0.4) is 0 Å². The minimum atomic E-state index is -0.0145. The lowest BCUT2D eigenvalue weighted by molar-refractivity contribution is 0.0953. The van der Waals surface area contributed by atoms with Gasteiger partial charge in [-0.15, -0.1) is 0 Å². The van der Waals surface area contributed by atoms with Crippen molar-refractivity contribution in [2.45, 2.75) is 25.8 Å².